The third-order valence-electron chi connectivity index (χ3n) is 3.15. The smallest absolute Gasteiger partial charge is 0.222 e. The molecule has 102 valence electrons. The Morgan fingerprint density at radius 1 is 1.37 bits per heavy atom. The zero-order valence-electron chi connectivity index (χ0n) is 11.6. The van der Waals surface area contributed by atoms with Crippen LogP contribution in [0.1, 0.15) is 13.8 Å². The van der Waals surface area contributed by atoms with Crippen molar-refractivity contribution in [2.75, 3.05) is 13.7 Å². The lowest BCUT2D eigenvalue weighted by Crippen LogP contribution is -2.30. The van der Waals surface area contributed by atoms with Gasteiger partial charge in [0, 0.05) is 36.1 Å². The fourth-order valence-corrected chi connectivity index (χ4v) is 2.00. The summed E-state index contributed by atoms with van der Waals surface area (Å²) in [4.78, 5) is 11.5. The van der Waals surface area contributed by atoms with Crippen molar-refractivity contribution < 1.29 is 9.53 Å². The van der Waals surface area contributed by atoms with E-state index in [9.17, 15) is 4.79 Å². The molecular weight excluding hydrogens is 240 g/mol. The molecule has 4 heteroatoms. The minimum absolute atomic E-state index is 0.0330. The first kappa shape index (κ1) is 13.5. The van der Waals surface area contributed by atoms with Gasteiger partial charge in [-0.2, -0.15) is 0 Å². The molecule has 0 bridgehead atoms. The molecule has 0 radical (unpaired) electrons. The Hall–Kier alpha value is -1.97. The maximum Gasteiger partial charge on any atom is 0.222 e. The first-order chi connectivity index (χ1) is 9.11. The molecular formula is C15H20N2O2. The number of methoxy groups -OCH3 is 1. The molecule has 0 fully saturated rings. The molecule has 0 unspecified atom stereocenters. The van der Waals surface area contributed by atoms with Crippen LogP contribution >= 0.6 is 0 Å². The van der Waals surface area contributed by atoms with Gasteiger partial charge in [0.2, 0.25) is 5.91 Å². The quantitative estimate of drug-likeness (QED) is 0.897. The molecule has 1 aromatic heterocycles. The standard InChI is InChI=1S/C15H20N2O2/c1-11(2)15(18)16-7-9-17-8-6-12-10-13(19-3)4-5-14(12)17/h4-6,8,10-11H,7,9H2,1-3H3,(H,16,18). The lowest BCUT2D eigenvalue weighted by atomic mass is 10.2. The summed E-state index contributed by atoms with van der Waals surface area (Å²) in [5, 5.41) is 4.07. The van der Waals surface area contributed by atoms with Crippen LogP contribution in [0, 0.1) is 5.92 Å². The number of fused-ring (bicyclic) bond motifs is 1. The summed E-state index contributed by atoms with van der Waals surface area (Å²) in [5.74, 6) is 0.988. The fourth-order valence-electron chi connectivity index (χ4n) is 2.00. The summed E-state index contributed by atoms with van der Waals surface area (Å²) in [6.45, 7) is 5.21. The number of carbonyl (C=O) groups excluding carboxylic acids is 1. The van der Waals surface area contributed by atoms with E-state index >= 15 is 0 Å². The highest BCUT2D eigenvalue weighted by atomic mass is 16.5. The van der Waals surface area contributed by atoms with Crippen LogP contribution in [-0.2, 0) is 11.3 Å². The van der Waals surface area contributed by atoms with Gasteiger partial charge in [-0.3, -0.25) is 4.79 Å². The molecule has 1 aromatic carbocycles. The normalized spacial score (nSPS) is 10.9. The Balaban J connectivity index is 2.03. The summed E-state index contributed by atoms with van der Waals surface area (Å²) >= 11 is 0. The number of ether oxygens (including phenoxy) is 1. The molecule has 4 nitrogen and oxygen atoms in total. The summed E-state index contributed by atoms with van der Waals surface area (Å²) in [6.07, 6.45) is 2.03. The van der Waals surface area contributed by atoms with Crippen molar-refractivity contribution in [3.8, 4) is 5.75 Å². The zero-order chi connectivity index (χ0) is 13.8. The molecule has 0 saturated heterocycles. The molecule has 0 aliphatic carbocycles. The number of hydrogen-bond donors (Lipinski definition) is 1. The van der Waals surface area contributed by atoms with E-state index in [0.717, 1.165) is 23.2 Å². The van der Waals surface area contributed by atoms with Gasteiger partial charge in [0.05, 0.1) is 7.11 Å². The van der Waals surface area contributed by atoms with Crippen molar-refractivity contribution in [3.63, 3.8) is 0 Å². The van der Waals surface area contributed by atoms with Crippen molar-refractivity contribution in [1.82, 2.24) is 9.88 Å². The van der Waals surface area contributed by atoms with E-state index in [1.54, 1.807) is 7.11 Å². The monoisotopic (exact) mass is 260 g/mol. The molecule has 0 aliphatic heterocycles. The predicted octanol–water partition coefficient (Wildman–Crippen LogP) is 2.42. The third kappa shape index (κ3) is 3.08. The summed E-state index contributed by atoms with van der Waals surface area (Å²) in [5.41, 5.74) is 1.15. The van der Waals surface area contributed by atoms with E-state index in [1.165, 1.54) is 0 Å². The van der Waals surface area contributed by atoms with Gasteiger partial charge in [-0.15, -0.1) is 0 Å². The zero-order valence-corrected chi connectivity index (χ0v) is 11.6. The number of carbonyl (C=O) groups is 1. The molecule has 19 heavy (non-hydrogen) atoms. The van der Waals surface area contributed by atoms with Gasteiger partial charge in [0.15, 0.2) is 0 Å². The van der Waals surface area contributed by atoms with E-state index in [4.69, 9.17) is 4.74 Å². The molecule has 2 rings (SSSR count). The Labute approximate surface area is 113 Å². The Bertz CT molecular complexity index is 573. The van der Waals surface area contributed by atoms with Crippen LogP contribution in [0.4, 0.5) is 0 Å². The second-order valence-corrected chi connectivity index (χ2v) is 4.88. The molecule has 0 saturated carbocycles. The maximum atomic E-state index is 11.5. The van der Waals surface area contributed by atoms with Gasteiger partial charge in [0.1, 0.15) is 5.75 Å². The predicted molar refractivity (Wildman–Crippen MR) is 76.3 cm³/mol. The highest BCUT2D eigenvalue weighted by Gasteiger charge is 2.06. The van der Waals surface area contributed by atoms with Crippen molar-refractivity contribution in [2.24, 2.45) is 5.92 Å². The summed E-state index contributed by atoms with van der Waals surface area (Å²) in [6, 6.07) is 8.06. The number of aromatic nitrogens is 1. The van der Waals surface area contributed by atoms with Gasteiger partial charge < -0.3 is 14.6 Å². The topological polar surface area (TPSA) is 43.3 Å². The number of hydrogen-bond acceptors (Lipinski definition) is 2. The first-order valence-corrected chi connectivity index (χ1v) is 6.52. The number of benzene rings is 1. The van der Waals surface area contributed by atoms with Crippen molar-refractivity contribution in [3.05, 3.63) is 30.5 Å². The molecule has 2 aromatic rings. The van der Waals surface area contributed by atoms with Crippen LogP contribution in [-0.4, -0.2) is 24.1 Å². The van der Waals surface area contributed by atoms with Crippen LogP contribution in [0.15, 0.2) is 30.5 Å². The van der Waals surface area contributed by atoms with E-state index in [2.05, 4.69) is 16.0 Å². The molecule has 0 atom stereocenters. The minimum Gasteiger partial charge on any atom is -0.497 e. The summed E-state index contributed by atoms with van der Waals surface area (Å²) in [7, 11) is 1.67. The van der Waals surface area contributed by atoms with Crippen LogP contribution in [0.3, 0.4) is 0 Å². The van der Waals surface area contributed by atoms with Gasteiger partial charge in [-0.1, -0.05) is 13.8 Å². The number of nitrogens with one attached hydrogen (secondary N) is 1. The lowest BCUT2D eigenvalue weighted by molar-refractivity contribution is -0.123. The van der Waals surface area contributed by atoms with Crippen LogP contribution in [0.25, 0.3) is 10.9 Å². The van der Waals surface area contributed by atoms with Crippen molar-refractivity contribution in [2.45, 2.75) is 20.4 Å². The maximum absolute atomic E-state index is 11.5. The fraction of sp³-hybridized carbons (Fsp3) is 0.400. The molecule has 0 spiro atoms. The van der Waals surface area contributed by atoms with E-state index in [-0.39, 0.29) is 11.8 Å². The second-order valence-electron chi connectivity index (χ2n) is 4.88. The van der Waals surface area contributed by atoms with E-state index in [1.807, 2.05) is 38.2 Å². The molecule has 1 heterocycles. The SMILES string of the molecule is COc1ccc2c(ccn2CCNC(=O)C(C)C)c1. The lowest BCUT2D eigenvalue weighted by Gasteiger charge is -2.09. The largest absolute Gasteiger partial charge is 0.497 e. The Morgan fingerprint density at radius 2 is 2.16 bits per heavy atom. The number of amides is 1. The van der Waals surface area contributed by atoms with E-state index in [0.29, 0.717) is 6.54 Å². The van der Waals surface area contributed by atoms with Gasteiger partial charge in [-0.25, -0.2) is 0 Å². The first-order valence-electron chi connectivity index (χ1n) is 6.52. The van der Waals surface area contributed by atoms with Crippen molar-refractivity contribution >= 4 is 16.8 Å². The Morgan fingerprint density at radius 3 is 2.84 bits per heavy atom. The highest BCUT2D eigenvalue weighted by molar-refractivity contribution is 5.81. The number of nitrogens with zero attached hydrogens (tertiary/aromatic N) is 1. The van der Waals surface area contributed by atoms with Crippen LogP contribution < -0.4 is 10.1 Å². The van der Waals surface area contributed by atoms with Crippen molar-refractivity contribution in [1.29, 1.82) is 0 Å². The number of rotatable bonds is 5. The van der Waals surface area contributed by atoms with E-state index < -0.39 is 0 Å². The minimum atomic E-state index is 0.0330. The van der Waals surface area contributed by atoms with Crippen LogP contribution in [0.2, 0.25) is 0 Å². The highest BCUT2D eigenvalue weighted by Crippen LogP contribution is 2.21. The average molecular weight is 260 g/mol. The average Bonchev–Trinajstić information content (AvgIpc) is 2.80. The van der Waals surface area contributed by atoms with Gasteiger partial charge >= 0.3 is 0 Å². The molecule has 1 N–H and O–H groups in total. The third-order valence-corrected chi connectivity index (χ3v) is 3.15. The van der Waals surface area contributed by atoms with Gasteiger partial charge in [-0.05, 0) is 24.3 Å². The summed E-state index contributed by atoms with van der Waals surface area (Å²) < 4.78 is 7.34. The molecule has 1 amide bonds. The molecule has 0 aliphatic rings. The second kappa shape index (κ2) is 5.78. The van der Waals surface area contributed by atoms with Gasteiger partial charge in [0.25, 0.3) is 0 Å². The van der Waals surface area contributed by atoms with Crippen LogP contribution in [0.5, 0.6) is 5.75 Å². The Kier molecular flexibility index (Phi) is 4.10.